The molecular formula is C11H21NO4S. The van der Waals surface area contributed by atoms with Gasteiger partial charge in [0.25, 0.3) is 0 Å². The zero-order valence-corrected chi connectivity index (χ0v) is 11.2. The molecular weight excluding hydrogens is 242 g/mol. The molecule has 0 atom stereocenters. The van der Waals surface area contributed by atoms with E-state index in [1.165, 1.54) is 4.31 Å². The molecule has 0 aromatic rings. The van der Waals surface area contributed by atoms with E-state index < -0.39 is 15.6 Å². The first kappa shape index (κ1) is 13.3. The Kier molecular flexibility index (Phi) is 3.51. The van der Waals surface area contributed by atoms with Gasteiger partial charge in [-0.2, -0.15) is 4.31 Å². The molecule has 0 unspecified atom stereocenters. The van der Waals surface area contributed by atoms with Crippen LogP contribution in [-0.2, 0) is 14.8 Å². The SMILES string of the molecule is CC(C)OCCS(=O)(=O)N1CC(O)(C2CC2)C1. The summed E-state index contributed by atoms with van der Waals surface area (Å²) < 4.78 is 30.3. The molecule has 2 rings (SSSR count). The molecule has 6 heteroatoms. The maximum atomic E-state index is 11.9. The number of rotatable bonds is 6. The van der Waals surface area contributed by atoms with Gasteiger partial charge in [-0.25, -0.2) is 8.42 Å². The number of β-amino-alcohol motifs (C(OH)–C–C–N with tert-alkyl or cyclic N) is 1. The number of nitrogens with zero attached hydrogens (tertiary/aromatic N) is 1. The highest BCUT2D eigenvalue weighted by Gasteiger charge is 2.54. The molecule has 100 valence electrons. The topological polar surface area (TPSA) is 66.8 Å². The van der Waals surface area contributed by atoms with Crippen LogP contribution < -0.4 is 0 Å². The summed E-state index contributed by atoms with van der Waals surface area (Å²) in [6.45, 7) is 4.51. The average Bonchev–Trinajstić information content (AvgIpc) is 2.94. The summed E-state index contributed by atoms with van der Waals surface area (Å²) in [7, 11) is -3.25. The maximum Gasteiger partial charge on any atom is 0.216 e. The highest BCUT2D eigenvalue weighted by Crippen LogP contribution is 2.45. The van der Waals surface area contributed by atoms with Gasteiger partial charge in [0.15, 0.2) is 0 Å². The van der Waals surface area contributed by atoms with Gasteiger partial charge in [0.2, 0.25) is 10.0 Å². The smallest absolute Gasteiger partial charge is 0.216 e. The van der Waals surface area contributed by atoms with Crippen molar-refractivity contribution in [3.05, 3.63) is 0 Å². The van der Waals surface area contributed by atoms with Gasteiger partial charge in [-0.15, -0.1) is 0 Å². The van der Waals surface area contributed by atoms with Crippen LogP contribution in [0.1, 0.15) is 26.7 Å². The van der Waals surface area contributed by atoms with Crippen LogP contribution in [0.25, 0.3) is 0 Å². The van der Waals surface area contributed by atoms with Crippen LogP contribution in [0, 0.1) is 5.92 Å². The number of ether oxygens (including phenoxy) is 1. The van der Waals surface area contributed by atoms with Crippen molar-refractivity contribution in [2.24, 2.45) is 5.92 Å². The lowest BCUT2D eigenvalue weighted by Gasteiger charge is -2.45. The fourth-order valence-corrected chi connectivity index (χ4v) is 3.56. The predicted molar refractivity (Wildman–Crippen MR) is 64.1 cm³/mol. The van der Waals surface area contributed by atoms with Crippen molar-refractivity contribution in [3.63, 3.8) is 0 Å². The van der Waals surface area contributed by atoms with Gasteiger partial charge in [-0.1, -0.05) is 0 Å². The molecule has 0 radical (unpaired) electrons. The first-order valence-corrected chi connectivity index (χ1v) is 7.76. The van der Waals surface area contributed by atoms with Crippen LogP contribution >= 0.6 is 0 Å². The van der Waals surface area contributed by atoms with Crippen LogP contribution in [0.15, 0.2) is 0 Å². The molecule has 1 aliphatic heterocycles. The largest absolute Gasteiger partial charge is 0.387 e. The molecule has 0 spiro atoms. The summed E-state index contributed by atoms with van der Waals surface area (Å²) in [5.41, 5.74) is -0.744. The number of hydrogen-bond acceptors (Lipinski definition) is 4. The quantitative estimate of drug-likeness (QED) is 0.743. The van der Waals surface area contributed by atoms with Crippen LogP contribution in [0.2, 0.25) is 0 Å². The Labute approximate surface area is 103 Å². The normalized spacial score (nSPS) is 24.9. The van der Waals surface area contributed by atoms with Gasteiger partial charge in [0.05, 0.1) is 24.1 Å². The van der Waals surface area contributed by atoms with Crippen LogP contribution in [-0.4, -0.2) is 55.0 Å². The Balaban J connectivity index is 1.78. The molecule has 2 aliphatic rings. The Hall–Kier alpha value is -0.170. The molecule has 0 amide bonds. The van der Waals surface area contributed by atoms with Crippen LogP contribution in [0.3, 0.4) is 0 Å². The van der Waals surface area contributed by atoms with Crippen molar-refractivity contribution >= 4 is 10.0 Å². The number of hydrogen-bond donors (Lipinski definition) is 1. The lowest BCUT2D eigenvalue weighted by Crippen LogP contribution is -2.65. The van der Waals surface area contributed by atoms with Crippen molar-refractivity contribution in [1.82, 2.24) is 4.31 Å². The molecule has 1 saturated heterocycles. The Morgan fingerprint density at radius 2 is 2.00 bits per heavy atom. The van der Waals surface area contributed by atoms with Gasteiger partial charge < -0.3 is 9.84 Å². The van der Waals surface area contributed by atoms with Gasteiger partial charge in [-0.3, -0.25) is 0 Å². The standard InChI is InChI=1S/C11H21NO4S/c1-9(2)16-5-6-17(14,15)12-7-11(13,8-12)10-3-4-10/h9-10,13H,3-8H2,1-2H3. The van der Waals surface area contributed by atoms with E-state index in [2.05, 4.69) is 0 Å². The van der Waals surface area contributed by atoms with Crippen molar-refractivity contribution in [2.75, 3.05) is 25.4 Å². The van der Waals surface area contributed by atoms with Crippen molar-refractivity contribution < 1.29 is 18.3 Å². The number of aliphatic hydroxyl groups is 1. The summed E-state index contributed by atoms with van der Waals surface area (Å²) in [6.07, 6.45) is 2.10. The molecule has 1 heterocycles. The third-order valence-corrected chi connectivity index (χ3v) is 5.15. The average molecular weight is 263 g/mol. The van der Waals surface area contributed by atoms with Gasteiger partial charge >= 0.3 is 0 Å². The van der Waals surface area contributed by atoms with E-state index >= 15 is 0 Å². The predicted octanol–water partition coefficient (Wildman–Crippen LogP) is 0.198. The Morgan fingerprint density at radius 3 is 2.47 bits per heavy atom. The zero-order chi connectivity index (χ0) is 12.7. The first-order valence-electron chi connectivity index (χ1n) is 6.15. The van der Waals surface area contributed by atoms with E-state index in [1.54, 1.807) is 0 Å². The molecule has 1 N–H and O–H groups in total. The molecule has 5 nitrogen and oxygen atoms in total. The van der Waals surface area contributed by atoms with E-state index in [0.717, 1.165) is 12.8 Å². The van der Waals surface area contributed by atoms with E-state index in [9.17, 15) is 13.5 Å². The van der Waals surface area contributed by atoms with Gasteiger partial charge in [-0.05, 0) is 32.6 Å². The van der Waals surface area contributed by atoms with Gasteiger partial charge in [0.1, 0.15) is 0 Å². The lowest BCUT2D eigenvalue weighted by atomic mass is 9.91. The molecule has 0 aromatic carbocycles. The molecule has 0 bridgehead atoms. The second-order valence-electron chi connectivity index (χ2n) is 5.38. The zero-order valence-electron chi connectivity index (χ0n) is 10.4. The number of sulfonamides is 1. The molecule has 17 heavy (non-hydrogen) atoms. The Morgan fingerprint density at radius 1 is 1.41 bits per heavy atom. The third-order valence-electron chi connectivity index (χ3n) is 3.42. The second-order valence-corrected chi connectivity index (χ2v) is 7.47. The van der Waals surface area contributed by atoms with E-state index in [4.69, 9.17) is 4.74 Å². The molecule has 0 aromatic heterocycles. The minimum absolute atomic E-state index is 0.00588. The van der Waals surface area contributed by atoms with Gasteiger partial charge in [0, 0.05) is 13.1 Å². The molecule has 1 aliphatic carbocycles. The van der Waals surface area contributed by atoms with Crippen molar-refractivity contribution in [1.29, 1.82) is 0 Å². The third kappa shape index (κ3) is 2.99. The first-order chi connectivity index (χ1) is 7.83. The van der Waals surface area contributed by atoms with E-state index in [0.29, 0.717) is 5.92 Å². The summed E-state index contributed by atoms with van der Waals surface area (Å²) in [5.74, 6) is 0.326. The summed E-state index contributed by atoms with van der Waals surface area (Å²) in [4.78, 5) is 0. The molecule has 2 fully saturated rings. The minimum Gasteiger partial charge on any atom is -0.387 e. The fourth-order valence-electron chi connectivity index (χ4n) is 2.16. The second kappa shape index (κ2) is 4.50. The van der Waals surface area contributed by atoms with E-state index in [-0.39, 0.29) is 31.6 Å². The Bertz CT molecular complexity index is 369. The lowest BCUT2D eigenvalue weighted by molar-refractivity contribution is -0.0766. The van der Waals surface area contributed by atoms with Crippen LogP contribution in [0.4, 0.5) is 0 Å². The van der Waals surface area contributed by atoms with E-state index in [1.807, 2.05) is 13.8 Å². The highest BCUT2D eigenvalue weighted by atomic mass is 32.2. The summed E-state index contributed by atoms with van der Waals surface area (Å²) in [5, 5.41) is 10.1. The monoisotopic (exact) mass is 263 g/mol. The summed E-state index contributed by atoms with van der Waals surface area (Å²) in [6, 6.07) is 0. The fraction of sp³-hybridized carbons (Fsp3) is 1.00. The minimum atomic E-state index is -3.25. The maximum absolute atomic E-state index is 11.9. The summed E-state index contributed by atoms with van der Waals surface area (Å²) >= 11 is 0. The van der Waals surface area contributed by atoms with Crippen molar-refractivity contribution in [3.8, 4) is 0 Å². The molecule has 1 saturated carbocycles. The highest BCUT2D eigenvalue weighted by molar-refractivity contribution is 7.89. The van der Waals surface area contributed by atoms with Crippen molar-refractivity contribution in [2.45, 2.75) is 38.4 Å². The van der Waals surface area contributed by atoms with Crippen LogP contribution in [0.5, 0.6) is 0 Å².